The zero-order valence-electron chi connectivity index (χ0n) is 13.0. The Balaban J connectivity index is 0.00000288. The maximum absolute atomic E-state index is 12.2. The van der Waals surface area contributed by atoms with Gasteiger partial charge in [0.2, 0.25) is 0 Å². The molecule has 0 radical (unpaired) electrons. The maximum atomic E-state index is 12.2. The minimum Gasteiger partial charge on any atom is -0.497 e. The van der Waals surface area contributed by atoms with E-state index in [1.165, 1.54) is 38.5 Å². The second-order valence-corrected chi connectivity index (χ2v) is 4.70. The first kappa shape index (κ1) is 19.9. The molecule has 2 aromatic rings. The van der Waals surface area contributed by atoms with E-state index < -0.39 is 12.4 Å². The number of halogens is 4. The lowest BCUT2D eigenvalue weighted by Gasteiger charge is -2.17. The van der Waals surface area contributed by atoms with Crippen LogP contribution in [0.2, 0.25) is 0 Å². The van der Waals surface area contributed by atoms with Gasteiger partial charge < -0.3 is 19.9 Å². The molecule has 4 nitrogen and oxygen atoms in total. The standard InChI is InChI=1S/C16H16F3NO3.ClH/c1-21-12-7-8-13(14(9-12)22-2)15(20)10-3-5-11(6-4-10)23-16(17,18)19;/h3-9,15H,20H2,1-2H3;1H/t15-;/m1./s1. The molecule has 0 aliphatic heterocycles. The summed E-state index contributed by atoms with van der Waals surface area (Å²) < 4.78 is 50.7. The van der Waals surface area contributed by atoms with Crippen molar-refractivity contribution in [2.75, 3.05) is 14.2 Å². The van der Waals surface area contributed by atoms with Gasteiger partial charge in [-0.2, -0.15) is 0 Å². The Hall–Kier alpha value is -2.12. The predicted octanol–water partition coefficient (Wildman–Crippen LogP) is 4.07. The normalized spacial score (nSPS) is 12.1. The van der Waals surface area contributed by atoms with Crippen molar-refractivity contribution in [1.82, 2.24) is 0 Å². The molecule has 24 heavy (non-hydrogen) atoms. The highest BCUT2D eigenvalue weighted by atomic mass is 35.5. The Labute approximate surface area is 143 Å². The van der Waals surface area contributed by atoms with Crippen molar-refractivity contribution >= 4 is 12.4 Å². The van der Waals surface area contributed by atoms with Crippen molar-refractivity contribution in [3.8, 4) is 17.2 Å². The lowest BCUT2D eigenvalue weighted by atomic mass is 9.98. The van der Waals surface area contributed by atoms with Crippen LogP contribution in [0, 0.1) is 0 Å². The first-order chi connectivity index (χ1) is 10.8. The van der Waals surface area contributed by atoms with Gasteiger partial charge in [0.15, 0.2) is 0 Å². The van der Waals surface area contributed by atoms with E-state index in [4.69, 9.17) is 15.2 Å². The molecule has 0 aliphatic carbocycles. The molecule has 8 heteroatoms. The van der Waals surface area contributed by atoms with E-state index in [2.05, 4.69) is 4.74 Å². The Bertz CT molecular complexity index is 663. The molecular formula is C16H17ClF3NO3. The fourth-order valence-corrected chi connectivity index (χ4v) is 2.13. The SMILES string of the molecule is COc1ccc([C@H](N)c2ccc(OC(F)(F)F)cc2)c(OC)c1.Cl. The van der Waals surface area contributed by atoms with Crippen LogP contribution in [0.4, 0.5) is 13.2 Å². The van der Waals surface area contributed by atoms with E-state index in [0.29, 0.717) is 22.6 Å². The molecule has 2 rings (SSSR count). The first-order valence-electron chi connectivity index (χ1n) is 6.67. The summed E-state index contributed by atoms with van der Waals surface area (Å²) in [5, 5.41) is 0. The minimum atomic E-state index is -4.72. The van der Waals surface area contributed by atoms with E-state index in [1.807, 2.05) is 0 Å². The van der Waals surface area contributed by atoms with Crippen LogP contribution in [0.5, 0.6) is 17.2 Å². The molecule has 0 aliphatic rings. The zero-order valence-corrected chi connectivity index (χ0v) is 13.8. The van der Waals surface area contributed by atoms with Crippen molar-refractivity contribution in [1.29, 1.82) is 0 Å². The highest BCUT2D eigenvalue weighted by Crippen LogP contribution is 2.32. The number of hydrogen-bond donors (Lipinski definition) is 1. The summed E-state index contributed by atoms with van der Waals surface area (Å²) in [6.07, 6.45) is -4.72. The van der Waals surface area contributed by atoms with Crippen molar-refractivity contribution in [3.05, 3.63) is 53.6 Å². The molecule has 2 N–H and O–H groups in total. The van der Waals surface area contributed by atoms with Gasteiger partial charge in [-0.15, -0.1) is 25.6 Å². The van der Waals surface area contributed by atoms with Gasteiger partial charge in [-0.1, -0.05) is 12.1 Å². The average molecular weight is 364 g/mol. The maximum Gasteiger partial charge on any atom is 0.573 e. The Morgan fingerprint density at radius 1 is 0.917 bits per heavy atom. The van der Waals surface area contributed by atoms with Crippen LogP contribution in [-0.2, 0) is 0 Å². The quantitative estimate of drug-likeness (QED) is 0.870. The average Bonchev–Trinajstić information content (AvgIpc) is 2.52. The minimum absolute atomic E-state index is 0. The molecule has 0 saturated carbocycles. The van der Waals surface area contributed by atoms with Gasteiger partial charge in [0.1, 0.15) is 17.2 Å². The third kappa shape index (κ3) is 4.94. The van der Waals surface area contributed by atoms with Crippen LogP contribution < -0.4 is 19.9 Å². The van der Waals surface area contributed by atoms with Crippen LogP contribution in [0.3, 0.4) is 0 Å². The monoisotopic (exact) mass is 363 g/mol. The predicted molar refractivity (Wildman–Crippen MR) is 85.9 cm³/mol. The summed E-state index contributed by atoms with van der Waals surface area (Å²) in [6, 6.07) is 10.0. The van der Waals surface area contributed by atoms with Gasteiger partial charge in [-0.05, 0) is 29.8 Å². The van der Waals surface area contributed by atoms with Crippen LogP contribution in [0.15, 0.2) is 42.5 Å². The van der Waals surface area contributed by atoms with Gasteiger partial charge in [0.05, 0.1) is 20.3 Å². The summed E-state index contributed by atoms with van der Waals surface area (Å²) in [7, 11) is 3.04. The molecule has 0 unspecified atom stereocenters. The molecule has 0 bridgehead atoms. The van der Waals surface area contributed by atoms with Gasteiger partial charge in [-0.25, -0.2) is 0 Å². The van der Waals surface area contributed by atoms with Crippen molar-refractivity contribution in [3.63, 3.8) is 0 Å². The van der Waals surface area contributed by atoms with Crippen molar-refractivity contribution in [2.45, 2.75) is 12.4 Å². The Morgan fingerprint density at radius 3 is 2.00 bits per heavy atom. The second-order valence-electron chi connectivity index (χ2n) is 4.70. The molecular weight excluding hydrogens is 347 g/mol. The van der Waals surface area contributed by atoms with E-state index in [0.717, 1.165) is 0 Å². The number of ether oxygens (including phenoxy) is 3. The van der Waals surface area contributed by atoms with Gasteiger partial charge in [0.25, 0.3) is 0 Å². The van der Waals surface area contributed by atoms with Crippen LogP contribution in [-0.4, -0.2) is 20.6 Å². The lowest BCUT2D eigenvalue weighted by Crippen LogP contribution is -2.17. The summed E-state index contributed by atoms with van der Waals surface area (Å²) >= 11 is 0. The highest BCUT2D eigenvalue weighted by Gasteiger charge is 2.31. The molecule has 0 aromatic heterocycles. The number of hydrogen-bond acceptors (Lipinski definition) is 4. The lowest BCUT2D eigenvalue weighted by molar-refractivity contribution is -0.274. The molecule has 0 amide bonds. The third-order valence-corrected chi connectivity index (χ3v) is 3.25. The second kappa shape index (κ2) is 8.12. The molecule has 0 fully saturated rings. The number of methoxy groups -OCH3 is 2. The first-order valence-corrected chi connectivity index (χ1v) is 6.67. The van der Waals surface area contributed by atoms with Crippen LogP contribution >= 0.6 is 12.4 Å². The number of alkyl halides is 3. The summed E-state index contributed by atoms with van der Waals surface area (Å²) in [5.74, 6) is 0.856. The number of nitrogens with two attached hydrogens (primary N) is 1. The smallest absolute Gasteiger partial charge is 0.497 e. The molecule has 1 atom stereocenters. The molecule has 132 valence electrons. The fraction of sp³-hybridized carbons (Fsp3) is 0.250. The highest BCUT2D eigenvalue weighted by molar-refractivity contribution is 5.85. The topological polar surface area (TPSA) is 53.7 Å². The van der Waals surface area contributed by atoms with Crippen molar-refractivity contribution in [2.24, 2.45) is 5.73 Å². The number of benzene rings is 2. The summed E-state index contributed by atoms with van der Waals surface area (Å²) in [4.78, 5) is 0. The van der Waals surface area contributed by atoms with Crippen LogP contribution in [0.25, 0.3) is 0 Å². The van der Waals surface area contributed by atoms with Gasteiger partial charge in [0, 0.05) is 11.6 Å². The molecule has 0 spiro atoms. The van der Waals surface area contributed by atoms with E-state index in [9.17, 15) is 13.2 Å². The largest absolute Gasteiger partial charge is 0.573 e. The molecule has 0 heterocycles. The van der Waals surface area contributed by atoms with E-state index in [1.54, 1.807) is 18.2 Å². The molecule has 0 saturated heterocycles. The summed E-state index contributed by atoms with van der Waals surface area (Å²) in [5.41, 5.74) is 7.50. The Morgan fingerprint density at radius 2 is 1.50 bits per heavy atom. The van der Waals surface area contributed by atoms with E-state index in [-0.39, 0.29) is 18.2 Å². The van der Waals surface area contributed by atoms with Gasteiger partial charge in [-0.3, -0.25) is 0 Å². The van der Waals surface area contributed by atoms with Gasteiger partial charge >= 0.3 is 6.36 Å². The zero-order chi connectivity index (χ0) is 17.0. The Kier molecular flexibility index (Phi) is 6.74. The third-order valence-electron chi connectivity index (χ3n) is 3.25. The van der Waals surface area contributed by atoms with Crippen molar-refractivity contribution < 1.29 is 27.4 Å². The molecule has 2 aromatic carbocycles. The summed E-state index contributed by atoms with van der Waals surface area (Å²) in [6.45, 7) is 0. The van der Waals surface area contributed by atoms with Crippen LogP contribution in [0.1, 0.15) is 17.2 Å². The van der Waals surface area contributed by atoms with E-state index >= 15 is 0 Å². The fourth-order valence-electron chi connectivity index (χ4n) is 2.13. The number of rotatable bonds is 5.